The van der Waals surface area contributed by atoms with Crippen molar-refractivity contribution in [1.29, 1.82) is 0 Å². The van der Waals surface area contributed by atoms with E-state index in [4.69, 9.17) is 9.47 Å². The van der Waals surface area contributed by atoms with Gasteiger partial charge in [0.15, 0.2) is 23.3 Å². The molecule has 0 radical (unpaired) electrons. The lowest BCUT2D eigenvalue weighted by Gasteiger charge is -2.29. The van der Waals surface area contributed by atoms with E-state index in [-0.39, 0.29) is 59.0 Å². The average molecular weight is 749 g/mol. The van der Waals surface area contributed by atoms with Crippen LogP contribution >= 0.6 is 0 Å². The van der Waals surface area contributed by atoms with Crippen molar-refractivity contribution in [3.05, 3.63) is 48.4 Å². The number of anilines is 2. The van der Waals surface area contributed by atoms with Crippen molar-refractivity contribution in [2.24, 2.45) is 16.7 Å². The maximum absolute atomic E-state index is 15.3. The van der Waals surface area contributed by atoms with Crippen molar-refractivity contribution in [2.45, 2.75) is 59.8 Å². The smallest absolute Gasteiger partial charge is 0.226 e. The molecule has 54 heavy (non-hydrogen) atoms. The van der Waals surface area contributed by atoms with Crippen molar-refractivity contribution >= 4 is 23.5 Å². The first-order valence-electron chi connectivity index (χ1n) is 18.4. The van der Waals surface area contributed by atoms with Crippen LogP contribution in [0.3, 0.4) is 0 Å². The van der Waals surface area contributed by atoms with Crippen molar-refractivity contribution in [2.75, 3.05) is 63.6 Å². The summed E-state index contributed by atoms with van der Waals surface area (Å²) < 4.78 is 41.6. The molecule has 0 saturated carbocycles. The summed E-state index contributed by atoms with van der Waals surface area (Å²) in [7, 11) is 1.50. The molecule has 6 rings (SSSR count). The fourth-order valence-electron chi connectivity index (χ4n) is 7.37. The monoisotopic (exact) mass is 748 g/mol. The normalized spacial score (nSPS) is 16.8. The number of amides is 2. The lowest BCUT2D eigenvalue weighted by Crippen LogP contribution is -2.35. The second-order valence-electron chi connectivity index (χ2n) is 16.0. The first-order valence-corrected chi connectivity index (χ1v) is 18.4. The number of nitrogens with zero attached hydrogens (tertiary/aromatic N) is 6. The number of aromatic amines is 2. The number of aromatic nitrogens is 6. The van der Waals surface area contributed by atoms with Gasteiger partial charge < -0.3 is 29.9 Å². The number of likely N-dealkylation sites (tertiary alicyclic amines) is 2. The largest absolute Gasteiger partial charge is 0.495 e. The van der Waals surface area contributed by atoms with Crippen LogP contribution in [0, 0.1) is 28.4 Å². The molecule has 4 N–H and O–H groups in total. The van der Waals surface area contributed by atoms with Gasteiger partial charge in [-0.25, -0.2) is 13.8 Å². The van der Waals surface area contributed by atoms with E-state index in [0.29, 0.717) is 35.9 Å². The number of hydrogen-bond donors (Lipinski definition) is 4. The second-order valence-corrected chi connectivity index (χ2v) is 16.0. The highest BCUT2D eigenvalue weighted by Crippen LogP contribution is 2.31. The summed E-state index contributed by atoms with van der Waals surface area (Å²) in [5.74, 6) is -1.09. The second kappa shape index (κ2) is 16.6. The maximum atomic E-state index is 15.3. The van der Waals surface area contributed by atoms with Gasteiger partial charge in [0.05, 0.1) is 19.9 Å². The van der Waals surface area contributed by atoms with Crippen molar-refractivity contribution in [1.82, 2.24) is 40.2 Å². The quantitative estimate of drug-likeness (QED) is 0.111. The zero-order valence-corrected chi connectivity index (χ0v) is 31.6. The van der Waals surface area contributed by atoms with E-state index in [9.17, 15) is 9.59 Å². The highest BCUT2D eigenvalue weighted by Gasteiger charge is 2.31. The van der Waals surface area contributed by atoms with Gasteiger partial charge in [0.1, 0.15) is 17.1 Å². The van der Waals surface area contributed by atoms with Gasteiger partial charge in [0.25, 0.3) is 0 Å². The molecule has 1 unspecified atom stereocenters. The summed E-state index contributed by atoms with van der Waals surface area (Å²) in [5.41, 5.74) is 0.530. The molecular formula is C38H50F2N10O4. The Morgan fingerprint density at radius 1 is 0.852 bits per heavy atom. The lowest BCUT2D eigenvalue weighted by atomic mass is 9.88. The fourth-order valence-corrected chi connectivity index (χ4v) is 7.37. The van der Waals surface area contributed by atoms with E-state index >= 15 is 8.78 Å². The number of rotatable bonds is 16. The number of ether oxygens (including phenoxy) is 2. The summed E-state index contributed by atoms with van der Waals surface area (Å²) in [5, 5.41) is 18.5. The van der Waals surface area contributed by atoms with Gasteiger partial charge in [-0.1, -0.05) is 27.7 Å². The number of methoxy groups -OCH3 is 1. The van der Waals surface area contributed by atoms with Gasteiger partial charge in [-0.05, 0) is 61.9 Å². The van der Waals surface area contributed by atoms with Crippen LogP contribution in [0.2, 0.25) is 0 Å². The van der Waals surface area contributed by atoms with Gasteiger partial charge in [0.2, 0.25) is 17.7 Å². The number of nitrogens with one attached hydrogen (secondary N) is 4. The van der Waals surface area contributed by atoms with E-state index in [1.54, 1.807) is 18.2 Å². The molecule has 4 aromatic rings. The zero-order chi connectivity index (χ0) is 38.5. The van der Waals surface area contributed by atoms with Gasteiger partial charge in [-0.2, -0.15) is 10.2 Å². The van der Waals surface area contributed by atoms with Crippen LogP contribution in [-0.2, 0) is 9.59 Å². The Hall–Kier alpha value is -4.96. The minimum absolute atomic E-state index is 0.109. The van der Waals surface area contributed by atoms with Gasteiger partial charge >= 0.3 is 0 Å². The minimum Gasteiger partial charge on any atom is -0.495 e. The molecule has 0 spiro atoms. The standard InChI is InChI=1S/C38H50F2N10O4/c1-37(2,22-49-11-6-7-12-49)15-28(51)43-35-31(39)33(45-47-35)25-8-9-30(42-18-25)54-21-24-10-13-50(20-24)23-38(3,4)16-29(52)44-36-32(40)34(46-48-36)26-14-27(53-5)19-41-17-26/h8-9,14,17-19,24H,6-7,10-13,15-16,20-23H2,1-5H3,(H2,43,45,47,51)(H2,44,46,48,52). The van der Waals surface area contributed by atoms with Gasteiger partial charge in [0, 0.05) is 68.0 Å². The summed E-state index contributed by atoms with van der Waals surface area (Å²) >= 11 is 0. The molecule has 2 fully saturated rings. The van der Waals surface area contributed by atoms with E-state index in [1.165, 1.54) is 38.5 Å². The molecule has 290 valence electrons. The Morgan fingerprint density at radius 2 is 1.46 bits per heavy atom. The van der Waals surface area contributed by atoms with Gasteiger partial charge in [-0.15, -0.1) is 0 Å². The van der Waals surface area contributed by atoms with Crippen LogP contribution < -0.4 is 20.1 Å². The highest BCUT2D eigenvalue weighted by molar-refractivity contribution is 5.91. The van der Waals surface area contributed by atoms with Crippen molar-refractivity contribution < 1.29 is 27.8 Å². The van der Waals surface area contributed by atoms with Crippen LogP contribution in [0.15, 0.2) is 36.8 Å². The first kappa shape index (κ1) is 38.8. The van der Waals surface area contributed by atoms with E-state index in [2.05, 4.69) is 50.8 Å². The van der Waals surface area contributed by atoms with Crippen LogP contribution in [0.5, 0.6) is 11.6 Å². The summed E-state index contributed by atoms with van der Waals surface area (Å²) in [6, 6.07) is 5.01. The SMILES string of the molecule is COc1cncc(-c2[nH]nc(NC(=O)CC(C)(C)CN3CCC(COc4ccc(-c5[nH]nc(NC(=O)CC(C)(C)CN6CCCC6)c5F)cn4)C3)c2F)c1. The number of H-pyrrole nitrogens is 2. The number of carbonyl (C=O) groups is 2. The lowest BCUT2D eigenvalue weighted by molar-refractivity contribution is -0.119. The third-order valence-electron chi connectivity index (χ3n) is 9.81. The summed E-state index contributed by atoms with van der Waals surface area (Å²) in [4.78, 5) is 38.8. The van der Waals surface area contributed by atoms with E-state index < -0.39 is 17.0 Å². The van der Waals surface area contributed by atoms with Crippen molar-refractivity contribution in [3.63, 3.8) is 0 Å². The highest BCUT2D eigenvalue weighted by atomic mass is 19.1. The number of carbonyl (C=O) groups excluding carboxylic acids is 2. The molecule has 0 aliphatic carbocycles. The topological polar surface area (TPSA) is 166 Å². The maximum Gasteiger partial charge on any atom is 0.226 e. The third kappa shape index (κ3) is 9.96. The molecule has 0 aromatic carbocycles. The predicted octanol–water partition coefficient (Wildman–Crippen LogP) is 5.75. The molecule has 6 heterocycles. The molecule has 2 amide bonds. The molecular weight excluding hydrogens is 698 g/mol. The summed E-state index contributed by atoms with van der Waals surface area (Å²) in [6.45, 7) is 13.8. The Labute approximate surface area is 313 Å². The van der Waals surface area contributed by atoms with Crippen molar-refractivity contribution in [3.8, 4) is 34.1 Å². The predicted molar refractivity (Wildman–Crippen MR) is 200 cm³/mol. The summed E-state index contributed by atoms with van der Waals surface area (Å²) in [6.07, 6.45) is 8.22. The van der Waals surface area contributed by atoms with E-state index in [1.807, 2.05) is 27.7 Å². The minimum atomic E-state index is -0.672. The molecule has 2 aliphatic rings. The first-order chi connectivity index (χ1) is 25.8. The molecule has 4 aromatic heterocycles. The average Bonchev–Trinajstić information content (AvgIpc) is 3.94. The van der Waals surface area contributed by atoms with Crippen LogP contribution in [0.1, 0.15) is 59.8 Å². The third-order valence-corrected chi connectivity index (χ3v) is 9.81. The van der Waals surface area contributed by atoms with Crippen LogP contribution in [0.25, 0.3) is 22.5 Å². The van der Waals surface area contributed by atoms with Crippen LogP contribution in [-0.4, -0.2) is 105 Å². The molecule has 2 saturated heterocycles. The molecule has 2 aliphatic heterocycles. The molecule has 0 bridgehead atoms. The zero-order valence-electron chi connectivity index (χ0n) is 31.6. The molecule has 16 heteroatoms. The fraction of sp³-hybridized carbons (Fsp3) is 0.526. The number of hydrogen-bond acceptors (Lipinski definition) is 10. The number of pyridine rings is 2. The Bertz CT molecular complexity index is 1910. The van der Waals surface area contributed by atoms with Crippen LogP contribution in [0.4, 0.5) is 20.4 Å². The molecule has 1 atom stereocenters. The Kier molecular flexibility index (Phi) is 11.9. The number of halogens is 2. The molecule has 14 nitrogen and oxygen atoms in total. The van der Waals surface area contributed by atoms with E-state index in [0.717, 1.165) is 39.1 Å². The Morgan fingerprint density at radius 3 is 2.06 bits per heavy atom. The Balaban J connectivity index is 0.934. The van der Waals surface area contributed by atoms with Gasteiger partial charge in [-0.3, -0.25) is 24.8 Å².